The van der Waals surface area contributed by atoms with Crippen LogP contribution in [-0.4, -0.2) is 19.6 Å². The number of anilines is 1. The van der Waals surface area contributed by atoms with E-state index in [4.69, 9.17) is 13.9 Å². The van der Waals surface area contributed by atoms with E-state index in [1.165, 1.54) is 0 Å². The molecule has 6 heteroatoms. The minimum Gasteiger partial charge on any atom is -0.497 e. The van der Waals surface area contributed by atoms with Crippen LogP contribution in [0.1, 0.15) is 45.8 Å². The third-order valence-corrected chi connectivity index (χ3v) is 6.32. The Morgan fingerprint density at radius 1 is 0.941 bits per heavy atom. The summed E-state index contributed by atoms with van der Waals surface area (Å²) in [6.07, 6.45) is 0. The lowest BCUT2D eigenvalue weighted by molar-refractivity contribution is 0.0971. The summed E-state index contributed by atoms with van der Waals surface area (Å²) in [6, 6.07) is 17.7. The number of carbonyl (C=O) groups is 1. The number of hydrogen-bond acceptors (Lipinski definition) is 5. The van der Waals surface area contributed by atoms with Gasteiger partial charge in [0.1, 0.15) is 17.1 Å². The fourth-order valence-electron chi connectivity index (χ4n) is 4.49. The van der Waals surface area contributed by atoms with Gasteiger partial charge in [-0.3, -0.25) is 14.5 Å². The smallest absolute Gasteiger partial charge is 0.295 e. The van der Waals surface area contributed by atoms with E-state index in [1.807, 2.05) is 57.2 Å². The number of hydrogen-bond donors (Lipinski definition) is 0. The van der Waals surface area contributed by atoms with Crippen molar-refractivity contribution in [2.75, 3.05) is 18.6 Å². The predicted octanol–water partition coefficient (Wildman–Crippen LogP) is 5.57. The SMILES string of the molecule is CCOc1cccc(C2c3c(oc4cc(C)c(C)cc4c3=O)C(=O)N2c2ccc(OC)cc2)c1. The van der Waals surface area contributed by atoms with E-state index in [1.54, 1.807) is 36.3 Å². The molecule has 0 radical (unpaired) electrons. The van der Waals surface area contributed by atoms with Gasteiger partial charge in [-0.1, -0.05) is 12.1 Å². The fourth-order valence-corrected chi connectivity index (χ4v) is 4.49. The molecule has 1 atom stereocenters. The van der Waals surface area contributed by atoms with Crippen molar-refractivity contribution >= 4 is 22.6 Å². The van der Waals surface area contributed by atoms with Crippen LogP contribution in [0.3, 0.4) is 0 Å². The van der Waals surface area contributed by atoms with Gasteiger partial charge in [-0.25, -0.2) is 0 Å². The summed E-state index contributed by atoms with van der Waals surface area (Å²) in [6.45, 7) is 6.34. The fraction of sp³-hybridized carbons (Fsp3) is 0.214. The van der Waals surface area contributed by atoms with E-state index in [0.717, 1.165) is 16.7 Å². The number of fused-ring (bicyclic) bond motifs is 2. The summed E-state index contributed by atoms with van der Waals surface area (Å²) in [4.78, 5) is 29.1. The highest BCUT2D eigenvalue weighted by Crippen LogP contribution is 2.42. The summed E-state index contributed by atoms with van der Waals surface area (Å²) in [7, 11) is 1.59. The Hall–Kier alpha value is -4.06. The third-order valence-electron chi connectivity index (χ3n) is 6.32. The van der Waals surface area contributed by atoms with Crippen molar-refractivity contribution in [2.45, 2.75) is 26.8 Å². The first-order valence-electron chi connectivity index (χ1n) is 11.2. The lowest BCUT2D eigenvalue weighted by Gasteiger charge is -2.25. The Morgan fingerprint density at radius 2 is 1.68 bits per heavy atom. The topological polar surface area (TPSA) is 69.0 Å². The van der Waals surface area contributed by atoms with Gasteiger partial charge in [0, 0.05) is 5.69 Å². The summed E-state index contributed by atoms with van der Waals surface area (Å²) < 4.78 is 17.1. The van der Waals surface area contributed by atoms with Crippen LogP contribution in [0, 0.1) is 13.8 Å². The van der Waals surface area contributed by atoms with Crippen LogP contribution < -0.4 is 19.8 Å². The van der Waals surface area contributed by atoms with Gasteiger partial charge >= 0.3 is 0 Å². The van der Waals surface area contributed by atoms with Crippen molar-refractivity contribution in [3.63, 3.8) is 0 Å². The van der Waals surface area contributed by atoms with Gasteiger partial charge in [0.2, 0.25) is 5.76 Å². The van der Waals surface area contributed by atoms with Crippen LogP contribution in [-0.2, 0) is 0 Å². The molecule has 0 spiro atoms. The second kappa shape index (κ2) is 8.37. The second-order valence-electron chi connectivity index (χ2n) is 8.39. The molecule has 4 aromatic rings. The molecule has 1 unspecified atom stereocenters. The normalized spacial score (nSPS) is 15.0. The van der Waals surface area contributed by atoms with Crippen LogP contribution in [0.2, 0.25) is 0 Å². The van der Waals surface area contributed by atoms with Crippen molar-refractivity contribution in [3.8, 4) is 11.5 Å². The molecular formula is C28H25NO5. The molecule has 1 aliphatic heterocycles. The highest BCUT2D eigenvalue weighted by Gasteiger charge is 2.43. The monoisotopic (exact) mass is 455 g/mol. The molecule has 5 rings (SSSR count). The van der Waals surface area contributed by atoms with Crippen LogP contribution in [0.5, 0.6) is 11.5 Å². The molecule has 0 saturated heterocycles. The molecule has 34 heavy (non-hydrogen) atoms. The molecule has 0 bridgehead atoms. The lowest BCUT2D eigenvalue weighted by atomic mass is 9.97. The molecule has 1 aliphatic rings. The zero-order valence-electron chi connectivity index (χ0n) is 19.5. The molecule has 0 aliphatic carbocycles. The van der Waals surface area contributed by atoms with Crippen molar-refractivity contribution < 1.29 is 18.7 Å². The molecule has 0 saturated carbocycles. The standard InChI is InChI=1S/C28H25NO5/c1-5-33-21-8-6-7-18(15-21)25-24-26(30)22-13-16(2)17(3)14-23(22)34-27(24)28(31)29(25)19-9-11-20(32-4)12-10-19/h6-15,25H,5H2,1-4H3. The summed E-state index contributed by atoms with van der Waals surface area (Å²) >= 11 is 0. The van der Waals surface area contributed by atoms with Crippen LogP contribution in [0.4, 0.5) is 5.69 Å². The van der Waals surface area contributed by atoms with E-state index < -0.39 is 6.04 Å². The van der Waals surface area contributed by atoms with Crippen molar-refractivity contribution in [2.24, 2.45) is 0 Å². The van der Waals surface area contributed by atoms with Crippen LogP contribution >= 0.6 is 0 Å². The van der Waals surface area contributed by atoms with Gasteiger partial charge in [-0.05, 0) is 86.0 Å². The highest BCUT2D eigenvalue weighted by atomic mass is 16.5. The molecule has 0 fully saturated rings. The highest BCUT2D eigenvalue weighted by molar-refractivity contribution is 6.10. The van der Waals surface area contributed by atoms with E-state index in [0.29, 0.717) is 40.3 Å². The number of carbonyl (C=O) groups excluding carboxylic acids is 1. The third kappa shape index (κ3) is 3.43. The zero-order chi connectivity index (χ0) is 24.0. The van der Waals surface area contributed by atoms with E-state index in [9.17, 15) is 9.59 Å². The molecule has 2 heterocycles. The van der Waals surface area contributed by atoms with Crippen LogP contribution in [0.25, 0.3) is 11.0 Å². The van der Waals surface area contributed by atoms with E-state index in [2.05, 4.69) is 0 Å². The molecule has 172 valence electrons. The van der Waals surface area contributed by atoms with Gasteiger partial charge in [0.25, 0.3) is 5.91 Å². The number of rotatable bonds is 5. The van der Waals surface area contributed by atoms with Gasteiger partial charge in [0.15, 0.2) is 5.43 Å². The maximum absolute atomic E-state index is 13.8. The maximum atomic E-state index is 13.8. The van der Waals surface area contributed by atoms with E-state index >= 15 is 0 Å². The number of aryl methyl sites for hydroxylation is 2. The van der Waals surface area contributed by atoms with Crippen LogP contribution in [0.15, 0.2) is 69.9 Å². The van der Waals surface area contributed by atoms with Crippen molar-refractivity contribution in [1.29, 1.82) is 0 Å². The van der Waals surface area contributed by atoms with Gasteiger partial charge in [0.05, 0.1) is 30.7 Å². The van der Waals surface area contributed by atoms with Gasteiger partial charge in [-0.2, -0.15) is 0 Å². The Bertz CT molecular complexity index is 1470. The Labute approximate surface area is 197 Å². The second-order valence-corrected chi connectivity index (χ2v) is 8.39. The first-order chi connectivity index (χ1) is 16.4. The summed E-state index contributed by atoms with van der Waals surface area (Å²) in [5.74, 6) is 1.06. The first-order valence-corrected chi connectivity index (χ1v) is 11.2. The minimum absolute atomic E-state index is 0.0726. The zero-order valence-corrected chi connectivity index (χ0v) is 19.5. The molecule has 1 amide bonds. The van der Waals surface area contributed by atoms with Gasteiger partial charge < -0.3 is 13.9 Å². The number of nitrogens with zero attached hydrogens (tertiary/aromatic N) is 1. The van der Waals surface area contributed by atoms with Crippen molar-refractivity contribution in [3.05, 3.63) is 98.9 Å². The molecule has 6 nitrogen and oxygen atoms in total. The summed E-state index contributed by atoms with van der Waals surface area (Å²) in [5, 5.41) is 0.470. The minimum atomic E-state index is -0.654. The number of ether oxygens (including phenoxy) is 2. The average Bonchev–Trinajstić information content (AvgIpc) is 3.13. The van der Waals surface area contributed by atoms with E-state index in [-0.39, 0.29) is 17.1 Å². The average molecular weight is 456 g/mol. The molecule has 3 aromatic carbocycles. The predicted molar refractivity (Wildman–Crippen MR) is 131 cm³/mol. The lowest BCUT2D eigenvalue weighted by Crippen LogP contribution is -2.29. The summed E-state index contributed by atoms with van der Waals surface area (Å²) in [5.41, 5.74) is 3.95. The molecule has 0 N–H and O–H groups in total. The Morgan fingerprint density at radius 3 is 2.38 bits per heavy atom. The largest absolute Gasteiger partial charge is 0.497 e. The number of benzene rings is 3. The Kier molecular flexibility index (Phi) is 5.36. The first kappa shape index (κ1) is 21.8. The quantitative estimate of drug-likeness (QED) is 0.394. The van der Waals surface area contributed by atoms with Crippen molar-refractivity contribution in [1.82, 2.24) is 0 Å². The Balaban J connectivity index is 1.78. The number of amides is 1. The maximum Gasteiger partial charge on any atom is 0.295 e. The number of methoxy groups -OCH3 is 1. The van der Waals surface area contributed by atoms with Gasteiger partial charge in [-0.15, -0.1) is 0 Å². The molecule has 1 aromatic heterocycles. The molecular weight excluding hydrogens is 430 g/mol.